The van der Waals surface area contributed by atoms with Crippen LogP contribution in [0.2, 0.25) is 0 Å². The van der Waals surface area contributed by atoms with E-state index in [0.29, 0.717) is 18.7 Å². The van der Waals surface area contributed by atoms with Crippen LogP contribution in [0.5, 0.6) is 0 Å². The monoisotopic (exact) mass is 584 g/mol. The molecule has 2 aliphatic heterocycles. The largest absolute Gasteiger partial charge is 0.481 e. The first kappa shape index (κ1) is 29.8. The summed E-state index contributed by atoms with van der Waals surface area (Å²) in [5, 5.41) is 25.3. The van der Waals surface area contributed by atoms with Crippen LogP contribution in [0.25, 0.3) is 0 Å². The predicted octanol–water partition coefficient (Wildman–Crippen LogP) is 4.58. The molecule has 43 heavy (non-hydrogen) atoms. The number of hydrogen-bond donors (Lipinski definition) is 3. The molecule has 0 saturated carbocycles. The fraction of sp³-hybridized carbons (Fsp3) is 0.333. The number of aliphatic carboxylic acids is 1. The number of non-ortho nitro benzene ring substituents is 1. The van der Waals surface area contributed by atoms with Crippen LogP contribution >= 0.6 is 0 Å². The maximum Gasteiger partial charge on any atom is 0.338 e. The Bertz CT molecular complexity index is 1500. The number of hydrogen-bond acceptors (Lipinski definition) is 8. The van der Waals surface area contributed by atoms with E-state index in [-0.39, 0.29) is 23.1 Å². The second kappa shape index (κ2) is 11.9. The molecule has 0 spiro atoms. The number of carboxylic acid groups (broad SMARTS) is 1. The summed E-state index contributed by atoms with van der Waals surface area (Å²) in [6.07, 6.45) is -0.453. The lowest BCUT2D eigenvalue weighted by atomic mass is 9.57. The molecule has 0 aliphatic carbocycles. The van der Waals surface area contributed by atoms with Crippen molar-refractivity contribution in [1.82, 2.24) is 10.2 Å². The summed E-state index contributed by atoms with van der Waals surface area (Å²) in [6, 6.07) is 25.2. The first-order chi connectivity index (χ1) is 20.5. The van der Waals surface area contributed by atoms with Crippen LogP contribution in [0.4, 0.5) is 5.69 Å². The Morgan fingerprint density at radius 2 is 1.60 bits per heavy atom. The van der Waals surface area contributed by atoms with Crippen LogP contribution in [-0.4, -0.2) is 52.1 Å². The first-order valence-electron chi connectivity index (χ1n) is 14.3. The van der Waals surface area contributed by atoms with Gasteiger partial charge in [-0.25, -0.2) is 4.79 Å². The van der Waals surface area contributed by atoms with E-state index in [1.807, 2.05) is 36.4 Å². The highest BCUT2D eigenvalue weighted by Gasteiger charge is 2.59. The van der Waals surface area contributed by atoms with E-state index in [1.54, 1.807) is 26.8 Å². The van der Waals surface area contributed by atoms with E-state index < -0.39 is 46.3 Å². The fourth-order valence-corrected chi connectivity index (χ4v) is 6.81. The van der Waals surface area contributed by atoms with Gasteiger partial charge in [-0.15, -0.1) is 0 Å². The minimum Gasteiger partial charge on any atom is -0.481 e. The van der Waals surface area contributed by atoms with Crippen molar-refractivity contribution in [2.75, 3.05) is 13.1 Å². The molecule has 10 nitrogen and oxygen atoms in total. The maximum atomic E-state index is 13.9. The van der Waals surface area contributed by atoms with Crippen LogP contribution in [0.1, 0.15) is 49.4 Å². The third-order valence-corrected chi connectivity index (χ3v) is 8.85. The summed E-state index contributed by atoms with van der Waals surface area (Å²) < 4.78 is 5.98. The SMILES string of the molecule is CC(C)C1(C(=O)O)C(C)NC(N)=C(C(=O)OC2CN(C(c3ccccc3)c3ccccc3)C2)[C@@H]1c1cccc([N+](=O)[O-])c1. The molecule has 3 aromatic rings. The van der Waals surface area contributed by atoms with E-state index >= 15 is 0 Å². The lowest BCUT2D eigenvalue weighted by molar-refractivity contribution is -0.384. The van der Waals surface area contributed by atoms with Crippen molar-refractivity contribution in [3.63, 3.8) is 0 Å². The van der Waals surface area contributed by atoms with Crippen LogP contribution in [-0.2, 0) is 14.3 Å². The number of nitrogens with one attached hydrogen (secondary N) is 1. The summed E-state index contributed by atoms with van der Waals surface area (Å²) in [5.41, 5.74) is 7.17. The Balaban J connectivity index is 1.46. The topological polar surface area (TPSA) is 148 Å². The Morgan fingerprint density at radius 1 is 1.02 bits per heavy atom. The summed E-state index contributed by atoms with van der Waals surface area (Å²) in [6.45, 7) is 6.15. The molecule has 0 bridgehead atoms. The van der Waals surface area contributed by atoms with Gasteiger partial charge in [-0.1, -0.05) is 86.6 Å². The number of carbonyl (C=O) groups excluding carboxylic acids is 1. The maximum absolute atomic E-state index is 13.9. The van der Waals surface area contributed by atoms with Crippen LogP contribution in [0.3, 0.4) is 0 Å². The molecule has 3 atom stereocenters. The van der Waals surface area contributed by atoms with Crippen molar-refractivity contribution >= 4 is 17.6 Å². The number of nitrogens with two attached hydrogens (primary N) is 1. The molecule has 5 rings (SSSR count). The van der Waals surface area contributed by atoms with Gasteiger partial charge in [0.2, 0.25) is 0 Å². The minimum absolute atomic E-state index is 0.00848. The van der Waals surface area contributed by atoms with Gasteiger partial charge in [-0.05, 0) is 29.5 Å². The number of nitrogens with zero attached hydrogens (tertiary/aromatic N) is 2. The number of likely N-dealkylation sites (tertiary alicyclic amines) is 1. The number of nitro benzene ring substituents is 1. The van der Waals surface area contributed by atoms with Gasteiger partial charge in [0.1, 0.15) is 17.3 Å². The van der Waals surface area contributed by atoms with E-state index in [1.165, 1.54) is 18.2 Å². The zero-order valence-electron chi connectivity index (χ0n) is 24.3. The smallest absolute Gasteiger partial charge is 0.338 e. The van der Waals surface area contributed by atoms with Crippen LogP contribution in [0.15, 0.2) is 96.3 Å². The highest BCUT2D eigenvalue weighted by molar-refractivity contribution is 5.94. The number of carbonyl (C=O) groups is 2. The number of benzene rings is 3. The summed E-state index contributed by atoms with van der Waals surface area (Å²) in [4.78, 5) is 40.3. The lowest BCUT2D eigenvalue weighted by Crippen LogP contribution is -2.61. The molecule has 0 radical (unpaired) electrons. The average Bonchev–Trinajstić information content (AvgIpc) is 2.96. The fourth-order valence-electron chi connectivity index (χ4n) is 6.81. The summed E-state index contributed by atoms with van der Waals surface area (Å²) >= 11 is 0. The number of ether oxygens (including phenoxy) is 1. The van der Waals surface area contributed by atoms with E-state index in [0.717, 1.165) is 11.1 Å². The molecule has 10 heteroatoms. The Kier molecular flexibility index (Phi) is 8.23. The molecule has 2 heterocycles. The standard InChI is InChI=1S/C33H36N4O6/c1-20(2)33(32(39)40)21(3)35-30(34)27(28(33)24-15-10-16-25(17-24)37(41)42)31(38)43-26-18-36(19-26)29(22-11-6-4-7-12-22)23-13-8-5-9-14-23/h4-17,20-21,26,28-29,35H,18-19,34H2,1-3H3,(H,39,40)/t21?,28-,33?/m0/s1. The van der Waals surface area contributed by atoms with E-state index in [2.05, 4.69) is 34.5 Å². The Morgan fingerprint density at radius 3 is 2.12 bits per heavy atom. The van der Waals surface area contributed by atoms with Gasteiger partial charge in [-0.2, -0.15) is 0 Å². The molecule has 224 valence electrons. The van der Waals surface area contributed by atoms with Crippen molar-refractivity contribution in [2.24, 2.45) is 17.1 Å². The highest BCUT2D eigenvalue weighted by Crippen LogP contribution is 2.52. The van der Waals surface area contributed by atoms with Crippen molar-refractivity contribution in [3.8, 4) is 0 Å². The van der Waals surface area contributed by atoms with Gasteiger partial charge >= 0.3 is 11.9 Å². The van der Waals surface area contributed by atoms with Crippen LogP contribution < -0.4 is 11.1 Å². The average molecular weight is 585 g/mol. The first-order valence-corrected chi connectivity index (χ1v) is 14.3. The Labute approximate surface area is 250 Å². The third kappa shape index (κ3) is 5.34. The molecule has 2 unspecified atom stereocenters. The van der Waals surface area contributed by atoms with Gasteiger partial charge in [0.25, 0.3) is 5.69 Å². The van der Waals surface area contributed by atoms with Crippen molar-refractivity contribution in [3.05, 3.63) is 123 Å². The molecule has 3 aromatic carbocycles. The molecule has 4 N–H and O–H groups in total. The molecular weight excluding hydrogens is 548 g/mol. The normalized spacial score (nSPS) is 22.6. The summed E-state index contributed by atoms with van der Waals surface area (Å²) in [5.74, 6) is -3.44. The highest BCUT2D eigenvalue weighted by atomic mass is 16.6. The van der Waals surface area contributed by atoms with E-state index in [4.69, 9.17) is 10.5 Å². The number of nitro groups is 1. The number of esters is 1. The molecule has 1 saturated heterocycles. The zero-order chi connectivity index (χ0) is 30.9. The van der Waals surface area contributed by atoms with Crippen molar-refractivity contribution in [1.29, 1.82) is 0 Å². The van der Waals surface area contributed by atoms with Crippen molar-refractivity contribution in [2.45, 2.75) is 44.9 Å². The van der Waals surface area contributed by atoms with Gasteiger partial charge in [-0.3, -0.25) is 19.8 Å². The molecular formula is C33H36N4O6. The molecule has 0 amide bonds. The summed E-state index contributed by atoms with van der Waals surface area (Å²) in [7, 11) is 0. The number of rotatable bonds is 9. The zero-order valence-corrected chi connectivity index (χ0v) is 24.3. The quantitative estimate of drug-likeness (QED) is 0.187. The van der Waals surface area contributed by atoms with Gasteiger partial charge < -0.3 is 20.9 Å². The van der Waals surface area contributed by atoms with Crippen LogP contribution in [0, 0.1) is 21.4 Å². The van der Waals surface area contributed by atoms with E-state index in [9.17, 15) is 24.8 Å². The Hall–Kier alpha value is -4.70. The predicted molar refractivity (Wildman–Crippen MR) is 161 cm³/mol. The second-order valence-electron chi connectivity index (χ2n) is 11.6. The third-order valence-electron chi connectivity index (χ3n) is 8.85. The second-order valence-corrected chi connectivity index (χ2v) is 11.6. The van der Waals surface area contributed by atoms with Gasteiger partial charge in [0.15, 0.2) is 0 Å². The molecule has 0 aromatic heterocycles. The van der Waals surface area contributed by atoms with Gasteiger partial charge in [0, 0.05) is 37.2 Å². The molecule has 2 aliphatic rings. The molecule has 1 fully saturated rings. The van der Waals surface area contributed by atoms with Crippen molar-refractivity contribution < 1.29 is 24.4 Å². The lowest BCUT2D eigenvalue weighted by Gasteiger charge is -2.49. The minimum atomic E-state index is -1.55. The van der Waals surface area contributed by atoms with Gasteiger partial charge in [0.05, 0.1) is 16.5 Å². The number of carboxylic acids is 1.